The largest absolute Gasteiger partial charge is 0.506 e. The third kappa shape index (κ3) is 10.3. The van der Waals surface area contributed by atoms with Gasteiger partial charge >= 0.3 is 0 Å². The van der Waals surface area contributed by atoms with Crippen LogP contribution in [0.15, 0.2) is 127 Å². The van der Waals surface area contributed by atoms with Gasteiger partial charge in [-0.25, -0.2) is 0 Å². The van der Waals surface area contributed by atoms with Gasteiger partial charge in [0, 0.05) is 34.9 Å². The summed E-state index contributed by atoms with van der Waals surface area (Å²) in [7, 11) is 0. The number of phenols is 1. The third-order valence-electron chi connectivity index (χ3n) is 7.15. The summed E-state index contributed by atoms with van der Waals surface area (Å²) in [5.74, 6) is -0.322. The van der Waals surface area contributed by atoms with Gasteiger partial charge in [-0.2, -0.15) is 12.6 Å². The molecule has 1 amide bonds. The summed E-state index contributed by atoms with van der Waals surface area (Å²) in [6.07, 6.45) is 11.1. The molecule has 0 saturated heterocycles. The number of rotatable bonds is 12. The molecule has 0 aliphatic carbocycles. The molecule has 6 heteroatoms. The van der Waals surface area contributed by atoms with Crippen LogP contribution in [0.1, 0.15) is 67.9 Å². The zero-order valence-electron chi connectivity index (χ0n) is 25.9. The van der Waals surface area contributed by atoms with Gasteiger partial charge in [0.25, 0.3) is 5.91 Å². The molecule has 4 rings (SSSR count). The van der Waals surface area contributed by atoms with Gasteiger partial charge in [0.1, 0.15) is 5.75 Å². The molecule has 0 atom stereocenters. The molecule has 44 heavy (non-hydrogen) atoms. The fourth-order valence-corrected chi connectivity index (χ4v) is 4.71. The highest BCUT2D eigenvalue weighted by Crippen LogP contribution is 2.29. The number of nitrogens with one attached hydrogen (secondary N) is 2. The molecule has 3 N–H and O–H groups in total. The van der Waals surface area contributed by atoms with Crippen molar-refractivity contribution in [2.24, 2.45) is 0 Å². The summed E-state index contributed by atoms with van der Waals surface area (Å²) in [5, 5.41) is 18.6. The van der Waals surface area contributed by atoms with Crippen molar-refractivity contribution in [1.29, 1.82) is 0 Å². The average Bonchev–Trinajstić information content (AvgIpc) is 3.06. The van der Waals surface area contributed by atoms with Crippen LogP contribution in [0.3, 0.4) is 0 Å². The second-order valence-corrected chi connectivity index (χ2v) is 10.7. The molecule has 0 bridgehead atoms. The van der Waals surface area contributed by atoms with E-state index in [0.717, 1.165) is 41.6 Å². The van der Waals surface area contributed by atoms with Gasteiger partial charge in [-0.05, 0) is 90.3 Å². The molecular weight excluding hydrogens is 563 g/mol. The zero-order chi connectivity index (χ0) is 31.7. The second-order valence-electron chi connectivity index (χ2n) is 10.4. The molecule has 0 fully saturated rings. The number of hydrogen-bond donors (Lipinski definition) is 4. The molecule has 1 aromatic heterocycles. The molecule has 4 aromatic rings. The molecule has 0 unspecified atom stereocenters. The molecule has 0 saturated carbocycles. The van der Waals surface area contributed by atoms with Gasteiger partial charge in [-0.1, -0.05) is 87.9 Å². The van der Waals surface area contributed by atoms with Gasteiger partial charge < -0.3 is 15.7 Å². The normalized spacial score (nSPS) is 11.3. The SMILES string of the molecule is C=C(NC(/C=C\S)=C(/C)CCCCC)c1ccc(NC(=O)c2ccccc2-c2ccccc2)c(O)c1.CCc1ccncc1. The lowest BCUT2D eigenvalue weighted by Crippen LogP contribution is -2.14. The monoisotopic (exact) mass is 605 g/mol. The van der Waals surface area contributed by atoms with Gasteiger partial charge in [-0.3, -0.25) is 9.78 Å². The number of unbranched alkanes of at least 4 members (excludes halogenated alkanes) is 2. The van der Waals surface area contributed by atoms with Gasteiger partial charge in [0.05, 0.1) is 5.69 Å². The van der Waals surface area contributed by atoms with Gasteiger partial charge in [0.2, 0.25) is 0 Å². The second kappa shape index (κ2) is 18.2. The Morgan fingerprint density at radius 3 is 2.30 bits per heavy atom. The van der Waals surface area contributed by atoms with E-state index in [4.69, 9.17) is 0 Å². The zero-order valence-corrected chi connectivity index (χ0v) is 26.8. The third-order valence-corrected chi connectivity index (χ3v) is 7.30. The highest BCUT2D eigenvalue weighted by atomic mass is 32.1. The Bertz CT molecular complexity index is 1560. The van der Waals surface area contributed by atoms with Gasteiger partial charge in [0.15, 0.2) is 0 Å². The van der Waals surface area contributed by atoms with E-state index in [-0.39, 0.29) is 11.7 Å². The van der Waals surface area contributed by atoms with Crippen molar-refractivity contribution < 1.29 is 9.90 Å². The summed E-state index contributed by atoms with van der Waals surface area (Å²) in [5.41, 5.74) is 7.53. The summed E-state index contributed by atoms with van der Waals surface area (Å²) < 4.78 is 0. The summed E-state index contributed by atoms with van der Waals surface area (Å²) >= 11 is 4.23. The van der Waals surface area contributed by atoms with Crippen LogP contribution in [0.4, 0.5) is 5.69 Å². The van der Waals surface area contributed by atoms with Crippen LogP contribution in [0.25, 0.3) is 16.8 Å². The van der Waals surface area contributed by atoms with E-state index in [1.807, 2.05) is 85.2 Å². The molecule has 0 spiro atoms. The Labute approximate surface area is 267 Å². The van der Waals surface area contributed by atoms with Crippen LogP contribution < -0.4 is 10.6 Å². The number of aromatic hydroxyl groups is 1. The maximum Gasteiger partial charge on any atom is 0.256 e. The Morgan fingerprint density at radius 1 is 0.955 bits per heavy atom. The minimum atomic E-state index is -0.290. The van der Waals surface area contributed by atoms with Crippen molar-refractivity contribution >= 4 is 29.9 Å². The van der Waals surface area contributed by atoms with Crippen molar-refractivity contribution in [2.45, 2.75) is 52.9 Å². The minimum absolute atomic E-state index is 0.0315. The Kier molecular flexibility index (Phi) is 14.0. The number of carbonyl (C=O) groups excluding carboxylic acids is 1. The maximum absolute atomic E-state index is 13.1. The fraction of sp³-hybridized carbons (Fsp3) is 0.211. The number of anilines is 1. The van der Waals surface area contributed by atoms with E-state index >= 15 is 0 Å². The molecule has 0 aliphatic rings. The lowest BCUT2D eigenvalue weighted by Gasteiger charge is -2.16. The van der Waals surface area contributed by atoms with E-state index in [1.54, 1.807) is 23.6 Å². The predicted molar refractivity (Wildman–Crippen MR) is 189 cm³/mol. The van der Waals surface area contributed by atoms with Crippen molar-refractivity contribution in [3.63, 3.8) is 0 Å². The number of nitrogens with zero attached hydrogens (tertiary/aromatic N) is 1. The summed E-state index contributed by atoms with van der Waals surface area (Å²) in [6, 6.07) is 26.3. The first-order valence-electron chi connectivity index (χ1n) is 15.0. The molecule has 5 nitrogen and oxygen atoms in total. The molecule has 0 radical (unpaired) electrons. The van der Waals surface area contributed by atoms with E-state index in [9.17, 15) is 9.90 Å². The average molecular weight is 606 g/mol. The molecule has 228 valence electrons. The number of allylic oxidation sites excluding steroid dienone is 2. The Hall–Kier alpha value is -4.55. The van der Waals surface area contributed by atoms with Crippen LogP contribution in [0.5, 0.6) is 5.75 Å². The number of benzene rings is 3. The first kappa shape index (κ1) is 33.9. The van der Waals surface area contributed by atoms with E-state index in [0.29, 0.717) is 16.9 Å². The first-order chi connectivity index (χ1) is 21.4. The van der Waals surface area contributed by atoms with Crippen LogP contribution in [0, 0.1) is 0 Å². The number of phenolic OH excluding ortho intramolecular Hbond substituents is 1. The smallest absolute Gasteiger partial charge is 0.256 e. The van der Waals surface area contributed by atoms with Crippen LogP contribution in [-0.4, -0.2) is 16.0 Å². The molecule has 0 aliphatic heterocycles. The topological polar surface area (TPSA) is 74.2 Å². The number of amides is 1. The highest BCUT2D eigenvalue weighted by Gasteiger charge is 2.15. The molecule has 3 aromatic carbocycles. The number of hydrogen-bond acceptors (Lipinski definition) is 5. The summed E-state index contributed by atoms with van der Waals surface area (Å²) in [6.45, 7) is 10.6. The maximum atomic E-state index is 13.1. The Morgan fingerprint density at radius 2 is 1.66 bits per heavy atom. The highest BCUT2D eigenvalue weighted by molar-refractivity contribution is 7.83. The van der Waals surface area contributed by atoms with E-state index in [2.05, 4.69) is 55.6 Å². The summed E-state index contributed by atoms with van der Waals surface area (Å²) in [4.78, 5) is 17.0. The van der Waals surface area contributed by atoms with E-state index < -0.39 is 0 Å². The Balaban J connectivity index is 0.000000572. The predicted octanol–water partition coefficient (Wildman–Crippen LogP) is 9.81. The number of aryl methyl sites for hydroxylation is 1. The first-order valence-corrected chi connectivity index (χ1v) is 15.5. The number of carbonyl (C=O) groups is 1. The fourth-order valence-electron chi connectivity index (χ4n) is 4.56. The molecular formula is C38H43N3O2S. The number of pyridine rings is 1. The van der Waals surface area contributed by atoms with Crippen LogP contribution >= 0.6 is 12.6 Å². The number of thiol groups is 1. The van der Waals surface area contributed by atoms with Crippen molar-refractivity contribution in [3.8, 4) is 16.9 Å². The quantitative estimate of drug-likeness (QED) is 0.0561. The lowest BCUT2D eigenvalue weighted by atomic mass is 9.99. The standard InChI is InChI=1S/C31H34N2O2S.C7H9N/c1-4-5-7-12-22(2)28(19-20-36)32-23(3)25-17-18-29(30(34)21-25)33-31(35)27-16-11-10-15-26(27)24-13-8-6-9-14-24;1-2-7-3-5-8-6-4-7/h6,8-11,13-21,32,34,36H,3-5,7,12H2,1-2H3,(H,33,35);3-6H,2H2,1H3/b20-19-,28-22-;. The molecule has 1 heterocycles. The van der Waals surface area contributed by atoms with Crippen molar-refractivity contribution in [1.82, 2.24) is 10.3 Å². The van der Waals surface area contributed by atoms with Crippen LogP contribution in [-0.2, 0) is 6.42 Å². The van der Waals surface area contributed by atoms with E-state index in [1.165, 1.54) is 24.0 Å². The van der Waals surface area contributed by atoms with Crippen molar-refractivity contribution in [2.75, 3.05) is 5.32 Å². The number of aromatic nitrogens is 1. The van der Waals surface area contributed by atoms with Crippen molar-refractivity contribution in [3.05, 3.63) is 143 Å². The van der Waals surface area contributed by atoms with Crippen LogP contribution in [0.2, 0.25) is 0 Å². The van der Waals surface area contributed by atoms with Gasteiger partial charge in [-0.15, -0.1) is 0 Å². The minimum Gasteiger partial charge on any atom is -0.506 e. The lowest BCUT2D eigenvalue weighted by molar-refractivity contribution is 0.102.